The molecule has 0 aliphatic carbocycles. The van der Waals surface area contributed by atoms with Crippen LogP contribution in [-0.4, -0.2) is 66.4 Å². The van der Waals surface area contributed by atoms with E-state index in [2.05, 4.69) is 26.8 Å². The minimum absolute atomic E-state index is 0.281. The van der Waals surface area contributed by atoms with E-state index in [0.717, 1.165) is 32.5 Å². The smallest absolute Gasteiger partial charge is 0.236 e. The SMILES string of the molecule is CN(CC(=O)N1CCC(N2CCCC2)CC1)Cc1ccccc1. The van der Waals surface area contributed by atoms with Crippen molar-refractivity contribution in [1.29, 1.82) is 0 Å². The molecule has 0 N–H and O–H groups in total. The van der Waals surface area contributed by atoms with E-state index in [1.54, 1.807) is 0 Å². The standard InChI is InChI=1S/C19H29N3O/c1-20(15-17-7-3-2-4-8-17)16-19(23)22-13-9-18(10-14-22)21-11-5-6-12-21/h2-4,7-8,18H,5-6,9-16H2,1H3. The number of benzene rings is 1. The van der Waals surface area contributed by atoms with Gasteiger partial charge in [-0.15, -0.1) is 0 Å². The first kappa shape index (κ1) is 16.5. The average molecular weight is 315 g/mol. The van der Waals surface area contributed by atoms with Crippen LogP contribution >= 0.6 is 0 Å². The van der Waals surface area contributed by atoms with Crippen LogP contribution in [0.25, 0.3) is 0 Å². The summed E-state index contributed by atoms with van der Waals surface area (Å²) >= 11 is 0. The fraction of sp³-hybridized carbons (Fsp3) is 0.632. The summed E-state index contributed by atoms with van der Waals surface area (Å²) in [6, 6.07) is 11.1. The maximum Gasteiger partial charge on any atom is 0.236 e. The van der Waals surface area contributed by atoms with Gasteiger partial charge in [-0.3, -0.25) is 9.69 Å². The summed E-state index contributed by atoms with van der Waals surface area (Å²) in [5.41, 5.74) is 1.26. The van der Waals surface area contributed by atoms with Crippen LogP contribution in [-0.2, 0) is 11.3 Å². The number of hydrogen-bond acceptors (Lipinski definition) is 3. The zero-order chi connectivity index (χ0) is 16.1. The second-order valence-corrected chi connectivity index (χ2v) is 7.01. The normalized spacial score (nSPS) is 20.3. The van der Waals surface area contributed by atoms with Crippen molar-refractivity contribution >= 4 is 5.91 Å². The third kappa shape index (κ3) is 4.55. The number of nitrogens with zero attached hydrogens (tertiary/aromatic N) is 3. The Morgan fingerprint density at radius 2 is 1.74 bits per heavy atom. The van der Waals surface area contributed by atoms with Crippen molar-refractivity contribution in [1.82, 2.24) is 14.7 Å². The third-order valence-corrected chi connectivity index (χ3v) is 5.17. The molecule has 2 heterocycles. The van der Waals surface area contributed by atoms with Crippen molar-refractivity contribution in [3.63, 3.8) is 0 Å². The fourth-order valence-electron chi connectivity index (χ4n) is 3.87. The number of carbonyl (C=O) groups is 1. The summed E-state index contributed by atoms with van der Waals surface area (Å²) in [4.78, 5) is 19.3. The zero-order valence-electron chi connectivity index (χ0n) is 14.3. The molecule has 0 atom stereocenters. The van der Waals surface area contributed by atoms with Gasteiger partial charge in [0, 0.05) is 25.7 Å². The van der Waals surface area contributed by atoms with Gasteiger partial charge in [-0.25, -0.2) is 0 Å². The molecule has 0 bridgehead atoms. The Morgan fingerprint density at radius 1 is 1.09 bits per heavy atom. The minimum atomic E-state index is 0.281. The van der Waals surface area contributed by atoms with Gasteiger partial charge in [0.2, 0.25) is 5.91 Å². The number of likely N-dealkylation sites (tertiary alicyclic amines) is 2. The molecule has 3 rings (SSSR count). The molecule has 0 aromatic heterocycles. The number of hydrogen-bond donors (Lipinski definition) is 0. The highest BCUT2D eigenvalue weighted by atomic mass is 16.2. The van der Waals surface area contributed by atoms with Crippen molar-refractivity contribution < 1.29 is 4.79 Å². The Morgan fingerprint density at radius 3 is 2.39 bits per heavy atom. The number of piperidine rings is 1. The van der Waals surface area contributed by atoms with Crippen molar-refractivity contribution in [3.05, 3.63) is 35.9 Å². The predicted molar refractivity (Wildman–Crippen MR) is 93.2 cm³/mol. The molecular weight excluding hydrogens is 286 g/mol. The van der Waals surface area contributed by atoms with E-state index in [1.165, 1.54) is 31.5 Å². The topological polar surface area (TPSA) is 26.8 Å². The van der Waals surface area contributed by atoms with Gasteiger partial charge >= 0.3 is 0 Å². The largest absolute Gasteiger partial charge is 0.341 e. The molecule has 1 aromatic rings. The lowest BCUT2D eigenvalue weighted by atomic mass is 10.0. The van der Waals surface area contributed by atoms with Crippen LogP contribution < -0.4 is 0 Å². The molecule has 2 aliphatic rings. The van der Waals surface area contributed by atoms with Crippen molar-refractivity contribution in [3.8, 4) is 0 Å². The molecule has 0 unspecified atom stereocenters. The molecule has 2 saturated heterocycles. The van der Waals surface area contributed by atoms with E-state index in [4.69, 9.17) is 0 Å². The van der Waals surface area contributed by atoms with E-state index in [9.17, 15) is 4.79 Å². The first-order valence-electron chi connectivity index (χ1n) is 8.96. The molecule has 2 aliphatic heterocycles. The van der Waals surface area contributed by atoms with E-state index in [1.807, 2.05) is 25.2 Å². The Labute approximate surface area is 140 Å². The lowest BCUT2D eigenvalue weighted by Crippen LogP contribution is -2.48. The summed E-state index contributed by atoms with van der Waals surface area (Å²) in [6.45, 7) is 5.73. The third-order valence-electron chi connectivity index (χ3n) is 5.17. The Balaban J connectivity index is 1.42. The monoisotopic (exact) mass is 315 g/mol. The van der Waals surface area contributed by atoms with Gasteiger partial charge in [-0.1, -0.05) is 30.3 Å². The van der Waals surface area contributed by atoms with Crippen LogP contribution in [0, 0.1) is 0 Å². The number of carbonyl (C=O) groups excluding carboxylic acids is 1. The van der Waals surface area contributed by atoms with Crippen LogP contribution in [0.3, 0.4) is 0 Å². The molecule has 2 fully saturated rings. The lowest BCUT2D eigenvalue weighted by Gasteiger charge is -2.37. The van der Waals surface area contributed by atoms with Gasteiger partial charge in [-0.05, 0) is 51.4 Å². The molecule has 1 aromatic carbocycles. The van der Waals surface area contributed by atoms with E-state index < -0.39 is 0 Å². The average Bonchev–Trinajstić information content (AvgIpc) is 3.10. The highest BCUT2D eigenvalue weighted by molar-refractivity contribution is 5.78. The molecular formula is C19H29N3O. The van der Waals surface area contributed by atoms with Gasteiger partial charge in [0.15, 0.2) is 0 Å². The molecule has 0 spiro atoms. The zero-order valence-corrected chi connectivity index (χ0v) is 14.3. The van der Waals surface area contributed by atoms with Crippen LogP contribution in [0.2, 0.25) is 0 Å². The first-order chi connectivity index (χ1) is 11.2. The van der Waals surface area contributed by atoms with E-state index in [-0.39, 0.29) is 5.91 Å². The van der Waals surface area contributed by atoms with Crippen molar-refractivity contribution in [2.75, 3.05) is 39.8 Å². The van der Waals surface area contributed by atoms with Gasteiger partial charge in [0.25, 0.3) is 0 Å². The summed E-state index contributed by atoms with van der Waals surface area (Å²) in [5, 5.41) is 0. The number of likely N-dealkylation sites (N-methyl/N-ethyl adjacent to an activating group) is 1. The first-order valence-corrected chi connectivity index (χ1v) is 8.96. The lowest BCUT2D eigenvalue weighted by molar-refractivity contribution is -0.133. The van der Waals surface area contributed by atoms with Crippen molar-refractivity contribution in [2.45, 2.75) is 38.3 Å². The molecule has 0 saturated carbocycles. The predicted octanol–water partition coefficient (Wildman–Crippen LogP) is 2.21. The molecule has 0 radical (unpaired) electrons. The Bertz CT molecular complexity index is 491. The second-order valence-electron chi connectivity index (χ2n) is 7.01. The molecule has 1 amide bonds. The molecule has 23 heavy (non-hydrogen) atoms. The van der Waals surface area contributed by atoms with Crippen molar-refractivity contribution in [2.24, 2.45) is 0 Å². The highest BCUT2D eigenvalue weighted by Crippen LogP contribution is 2.21. The fourth-order valence-corrected chi connectivity index (χ4v) is 3.87. The summed E-state index contributed by atoms with van der Waals surface area (Å²) < 4.78 is 0. The van der Waals surface area contributed by atoms with Crippen LogP contribution in [0.15, 0.2) is 30.3 Å². The Kier molecular flexibility index (Phi) is 5.68. The van der Waals surface area contributed by atoms with Gasteiger partial charge in [-0.2, -0.15) is 0 Å². The quantitative estimate of drug-likeness (QED) is 0.833. The summed E-state index contributed by atoms with van der Waals surface area (Å²) in [5.74, 6) is 0.281. The second kappa shape index (κ2) is 7.93. The van der Waals surface area contributed by atoms with Gasteiger partial charge in [0.05, 0.1) is 6.54 Å². The van der Waals surface area contributed by atoms with E-state index >= 15 is 0 Å². The van der Waals surface area contributed by atoms with Gasteiger partial charge < -0.3 is 9.80 Å². The highest BCUT2D eigenvalue weighted by Gasteiger charge is 2.28. The Hall–Kier alpha value is -1.39. The maximum absolute atomic E-state index is 12.5. The molecule has 126 valence electrons. The maximum atomic E-state index is 12.5. The number of rotatable bonds is 5. The minimum Gasteiger partial charge on any atom is -0.341 e. The molecule has 4 nitrogen and oxygen atoms in total. The summed E-state index contributed by atoms with van der Waals surface area (Å²) in [6.07, 6.45) is 5.00. The van der Waals surface area contributed by atoms with Crippen LogP contribution in [0.1, 0.15) is 31.2 Å². The van der Waals surface area contributed by atoms with Gasteiger partial charge in [0.1, 0.15) is 0 Å². The summed E-state index contributed by atoms with van der Waals surface area (Å²) in [7, 11) is 2.03. The number of amides is 1. The van der Waals surface area contributed by atoms with E-state index in [0.29, 0.717) is 12.6 Å². The van der Waals surface area contributed by atoms with Crippen LogP contribution in [0.4, 0.5) is 0 Å². The molecule has 4 heteroatoms. The van der Waals surface area contributed by atoms with Crippen LogP contribution in [0.5, 0.6) is 0 Å².